The van der Waals surface area contributed by atoms with Gasteiger partial charge >= 0.3 is 8.56 Å². The largest absolute Gasteiger partial charge is 0.397 e. The molecular weight excluding hydrogens is 264 g/mol. The molecule has 0 atom stereocenters. The van der Waals surface area contributed by atoms with Crippen molar-refractivity contribution in [3.05, 3.63) is 0 Å². The van der Waals surface area contributed by atoms with Gasteiger partial charge in [0.2, 0.25) is 0 Å². The number of alkyl halides is 1. The maximum Gasteiger partial charge on any atom is 0.344 e. The fourth-order valence-electron chi connectivity index (χ4n) is 4.04. The molecule has 2 aliphatic rings. The lowest BCUT2D eigenvalue weighted by Gasteiger charge is -2.44. The molecule has 0 N–H and O–H groups in total. The lowest BCUT2D eigenvalue weighted by molar-refractivity contribution is 0.193. The molecule has 2 nitrogen and oxygen atoms in total. The van der Waals surface area contributed by atoms with Crippen molar-refractivity contribution in [1.82, 2.24) is 0 Å². The number of hydrogen-bond acceptors (Lipinski definition) is 2. The van der Waals surface area contributed by atoms with Crippen LogP contribution in [0.15, 0.2) is 0 Å². The summed E-state index contributed by atoms with van der Waals surface area (Å²) < 4.78 is 12.1. The van der Waals surface area contributed by atoms with Gasteiger partial charge in [0.1, 0.15) is 0 Å². The van der Waals surface area contributed by atoms with Gasteiger partial charge in [0, 0.05) is 30.7 Å². The van der Waals surface area contributed by atoms with E-state index in [1.54, 1.807) is 0 Å². The molecule has 0 bridgehead atoms. The van der Waals surface area contributed by atoms with Crippen molar-refractivity contribution >= 4 is 20.2 Å². The van der Waals surface area contributed by atoms with E-state index in [0.29, 0.717) is 16.5 Å². The summed E-state index contributed by atoms with van der Waals surface area (Å²) in [7, 11) is 1.74. The molecule has 2 aliphatic carbocycles. The van der Waals surface area contributed by atoms with Crippen LogP contribution >= 0.6 is 11.6 Å². The van der Waals surface area contributed by atoms with Crippen molar-refractivity contribution in [3.63, 3.8) is 0 Å². The first-order valence-corrected chi connectivity index (χ1v) is 9.88. The average molecular weight is 291 g/mol. The Hall–Kier alpha value is 0.427. The minimum Gasteiger partial charge on any atom is -0.397 e. The first-order valence-electron chi connectivity index (χ1n) is 7.47. The van der Waals surface area contributed by atoms with Gasteiger partial charge in [-0.1, -0.05) is 19.3 Å². The summed E-state index contributed by atoms with van der Waals surface area (Å²) in [6.45, 7) is 0. The van der Waals surface area contributed by atoms with Crippen LogP contribution in [0.1, 0.15) is 57.8 Å². The van der Waals surface area contributed by atoms with Crippen LogP contribution in [0.5, 0.6) is 0 Å². The monoisotopic (exact) mass is 290 g/mol. The van der Waals surface area contributed by atoms with Crippen molar-refractivity contribution in [2.75, 3.05) is 14.2 Å². The molecule has 2 saturated carbocycles. The molecule has 0 amide bonds. The van der Waals surface area contributed by atoms with Crippen LogP contribution in [0.25, 0.3) is 0 Å². The second kappa shape index (κ2) is 6.73. The molecule has 0 heterocycles. The topological polar surface area (TPSA) is 18.5 Å². The van der Waals surface area contributed by atoms with Crippen molar-refractivity contribution in [3.8, 4) is 0 Å². The summed E-state index contributed by atoms with van der Waals surface area (Å²) in [5, 5.41) is 0.382. The van der Waals surface area contributed by atoms with Gasteiger partial charge in [0.05, 0.1) is 0 Å². The van der Waals surface area contributed by atoms with E-state index in [1.165, 1.54) is 44.9 Å². The Labute approximate surface area is 118 Å². The number of rotatable bonds is 4. The summed E-state index contributed by atoms with van der Waals surface area (Å²) in [5.74, 6) is 0. The van der Waals surface area contributed by atoms with Gasteiger partial charge in [-0.05, 0) is 38.5 Å². The van der Waals surface area contributed by atoms with Crippen LogP contribution in [0.3, 0.4) is 0 Å². The highest BCUT2D eigenvalue weighted by atomic mass is 35.5. The smallest absolute Gasteiger partial charge is 0.344 e. The zero-order valence-electron chi connectivity index (χ0n) is 11.8. The molecule has 0 saturated heterocycles. The van der Waals surface area contributed by atoms with Gasteiger partial charge in [0.15, 0.2) is 0 Å². The number of halogens is 1. The summed E-state index contributed by atoms with van der Waals surface area (Å²) in [5.41, 5.74) is 1.36. The molecule has 0 unspecified atom stereocenters. The SMILES string of the molecule is CO[Si](OC)(C1CCCCC1)C1CCC(Cl)CC1. The van der Waals surface area contributed by atoms with Crippen molar-refractivity contribution in [2.45, 2.75) is 74.2 Å². The summed E-state index contributed by atoms with van der Waals surface area (Å²) >= 11 is 6.24. The molecule has 2 fully saturated rings. The summed E-state index contributed by atoms with van der Waals surface area (Å²) in [6.07, 6.45) is 11.4. The van der Waals surface area contributed by atoms with E-state index >= 15 is 0 Å². The van der Waals surface area contributed by atoms with E-state index in [2.05, 4.69) is 0 Å². The molecule has 0 aliphatic heterocycles. The maximum atomic E-state index is 6.24. The third-order valence-corrected chi connectivity index (χ3v) is 10.2. The maximum absolute atomic E-state index is 6.24. The van der Waals surface area contributed by atoms with Crippen LogP contribution in [-0.2, 0) is 8.85 Å². The minimum atomic E-state index is -2.03. The second-order valence-electron chi connectivity index (χ2n) is 5.91. The first-order chi connectivity index (χ1) is 8.73. The Bertz CT molecular complexity index is 244. The molecular formula is C14H27ClO2Si. The molecule has 0 aromatic rings. The molecule has 4 heteroatoms. The van der Waals surface area contributed by atoms with E-state index in [4.69, 9.17) is 20.5 Å². The van der Waals surface area contributed by atoms with E-state index in [-0.39, 0.29) is 0 Å². The highest BCUT2D eigenvalue weighted by Crippen LogP contribution is 2.49. The molecule has 0 spiro atoms. The van der Waals surface area contributed by atoms with Gasteiger partial charge in [0.25, 0.3) is 0 Å². The van der Waals surface area contributed by atoms with Crippen LogP contribution in [-0.4, -0.2) is 28.2 Å². The molecule has 0 radical (unpaired) electrons. The van der Waals surface area contributed by atoms with Crippen molar-refractivity contribution in [1.29, 1.82) is 0 Å². The molecule has 18 heavy (non-hydrogen) atoms. The molecule has 106 valence electrons. The van der Waals surface area contributed by atoms with E-state index < -0.39 is 8.56 Å². The molecule has 2 rings (SSSR count). The third kappa shape index (κ3) is 2.95. The third-order valence-electron chi connectivity index (χ3n) is 5.04. The normalized spacial score (nSPS) is 31.5. The Kier molecular flexibility index (Phi) is 5.55. The zero-order valence-corrected chi connectivity index (χ0v) is 13.5. The van der Waals surface area contributed by atoms with Gasteiger partial charge < -0.3 is 8.85 Å². The Morgan fingerprint density at radius 3 is 1.78 bits per heavy atom. The Morgan fingerprint density at radius 2 is 1.28 bits per heavy atom. The van der Waals surface area contributed by atoms with Gasteiger partial charge in [-0.2, -0.15) is 0 Å². The van der Waals surface area contributed by atoms with Gasteiger partial charge in [-0.25, -0.2) is 0 Å². The lowest BCUT2D eigenvalue weighted by Crippen LogP contribution is -2.51. The molecule has 0 aromatic carbocycles. The minimum absolute atomic E-state index is 0.382. The van der Waals surface area contributed by atoms with E-state index in [0.717, 1.165) is 12.8 Å². The van der Waals surface area contributed by atoms with E-state index in [9.17, 15) is 0 Å². The summed E-state index contributed by atoms with van der Waals surface area (Å²) in [4.78, 5) is 0. The summed E-state index contributed by atoms with van der Waals surface area (Å²) in [6, 6.07) is 0. The fourth-order valence-corrected chi connectivity index (χ4v) is 8.81. The average Bonchev–Trinajstić information content (AvgIpc) is 2.44. The highest BCUT2D eigenvalue weighted by Gasteiger charge is 2.51. The fraction of sp³-hybridized carbons (Fsp3) is 1.00. The van der Waals surface area contributed by atoms with E-state index in [1.807, 2.05) is 14.2 Å². The second-order valence-corrected chi connectivity index (χ2v) is 10.4. The standard InChI is InChI=1S/C14H27ClO2Si/c1-16-18(17-2,13-6-4-3-5-7-13)14-10-8-12(15)9-11-14/h12-14H,3-11H2,1-2H3. The van der Waals surface area contributed by atoms with Crippen LogP contribution < -0.4 is 0 Å². The van der Waals surface area contributed by atoms with Crippen molar-refractivity contribution in [2.24, 2.45) is 0 Å². The van der Waals surface area contributed by atoms with Crippen LogP contribution in [0.2, 0.25) is 11.1 Å². The van der Waals surface area contributed by atoms with Crippen LogP contribution in [0, 0.1) is 0 Å². The van der Waals surface area contributed by atoms with Crippen LogP contribution in [0.4, 0.5) is 0 Å². The van der Waals surface area contributed by atoms with Gasteiger partial charge in [-0.15, -0.1) is 11.6 Å². The highest BCUT2D eigenvalue weighted by molar-refractivity contribution is 6.70. The lowest BCUT2D eigenvalue weighted by atomic mass is 9.99. The van der Waals surface area contributed by atoms with Gasteiger partial charge in [-0.3, -0.25) is 0 Å². The van der Waals surface area contributed by atoms with Crippen molar-refractivity contribution < 1.29 is 8.85 Å². The molecule has 0 aromatic heterocycles. The number of hydrogen-bond donors (Lipinski definition) is 0. The quantitative estimate of drug-likeness (QED) is 0.556. The predicted molar refractivity (Wildman–Crippen MR) is 78.5 cm³/mol. The first kappa shape index (κ1) is 14.8. The Morgan fingerprint density at radius 1 is 0.778 bits per heavy atom. The zero-order chi connectivity index (χ0) is 13.0. The predicted octanol–water partition coefficient (Wildman–Crippen LogP) is 4.61. The Balaban J connectivity index is 2.09.